The maximum Gasteiger partial charge on any atom is 0.117 e. The molecule has 2 aromatic carbocycles. The molecule has 21 heavy (non-hydrogen) atoms. The van der Waals surface area contributed by atoms with Gasteiger partial charge in [0, 0.05) is 11.1 Å². The van der Waals surface area contributed by atoms with Crippen LogP contribution >= 0.6 is 0 Å². The second-order valence-corrected chi connectivity index (χ2v) is 9.97. The zero-order chi connectivity index (χ0) is 15.3. The van der Waals surface area contributed by atoms with Gasteiger partial charge in [0.05, 0.1) is 0 Å². The van der Waals surface area contributed by atoms with Crippen molar-refractivity contribution in [2.45, 2.75) is 25.9 Å². The predicted octanol–water partition coefficient (Wildman–Crippen LogP) is 3.25. The summed E-state index contributed by atoms with van der Waals surface area (Å²) in [5, 5.41) is 2.89. The molecule has 0 unspecified atom stereocenters. The van der Waals surface area contributed by atoms with E-state index in [1.54, 1.807) is 0 Å². The van der Waals surface area contributed by atoms with Crippen LogP contribution in [0, 0.1) is 24.7 Å². The number of hydrogen-bond acceptors (Lipinski definition) is 0. The first-order valence-electron chi connectivity index (χ1n) is 7.34. The topological polar surface area (TPSA) is 0 Å². The van der Waals surface area contributed by atoms with Gasteiger partial charge in [-0.05, 0) is 24.3 Å². The standard InChI is InChI=1S/C20H20Si/c1-5-17-9-13-19(14-10-17)21(7-3,8-4)20-15-11-18(6-2)12-16-20/h1-2,9-16H,7-8H2,3-4H3. The van der Waals surface area contributed by atoms with Gasteiger partial charge in [-0.25, -0.2) is 0 Å². The molecule has 0 N–H and O–H groups in total. The van der Waals surface area contributed by atoms with E-state index in [1.807, 2.05) is 0 Å². The Kier molecular flexibility index (Phi) is 4.69. The number of rotatable bonds is 4. The van der Waals surface area contributed by atoms with E-state index in [0.717, 1.165) is 11.1 Å². The molecule has 1 heteroatoms. The van der Waals surface area contributed by atoms with Crippen molar-refractivity contribution in [3.05, 3.63) is 59.7 Å². The minimum Gasteiger partial charge on any atom is -0.115 e. The molecule has 0 aliphatic carbocycles. The van der Waals surface area contributed by atoms with Crippen LogP contribution in [-0.2, 0) is 0 Å². The van der Waals surface area contributed by atoms with Crippen LogP contribution in [-0.4, -0.2) is 8.07 Å². The van der Waals surface area contributed by atoms with Gasteiger partial charge in [0.25, 0.3) is 0 Å². The lowest BCUT2D eigenvalue weighted by molar-refractivity contribution is 1.29. The summed E-state index contributed by atoms with van der Waals surface area (Å²) in [5.74, 6) is 5.38. The van der Waals surface area contributed by atoms with Gasteiger partial charge >= 0.3 is 0 Å². The van der Waals surface area contributed by atoms with E-state index < -0.39 is 8.07 Å². The molecule has 0 aromatic heterocycles. The second kappa shape index (κ2) is 6.49. The first kappa shape index (κ1) is 15.2. The summed E-state index contributed by atoms with van der Waals surface area (Å²) in [6.07, 6.45) is 10.9. The van der Waals surface area contributed by atoms with E-state index in [-0.39, 0.29) is 0 Å². The second-order valence-electron chi connectivity index (χ2n) is 5.23. The highest BCUT2D eigenvalue weighted by Crippen LogP contribution is 2.17. The van der Waals surface area contributed by atoms with E-state index >= 15 is 0 Å². The lowest BCUT2D eigenvalue weighted by Crippen LogP contribution is -2.57. The number of benzene rings is 2. The lowest BCUT2D eigenvalue weighted by Gasteiger charge is -2.31. The molecular formula is C20H20Si. The van der Waals surface area contributed by atoms with Gasteiger partial charge in [-0.3, -0.25) is 0 Å². The average molecular weight is 288 g/mol. The zero-order valence-corrected chi connectivity index (χ0v) is 13.7. The molecule has 0 aliphatic rings. The van der Waals surface area contributed by atoms with Crippen molar-refractivity contribution >= 4 is 18.4 Å². The third kappa shape index (κ3) is 2.80. The molecule has 2 rings (SSSR count). The monoisotopic (exact) mass is 288 g/mol. The van der Waals surface area contributed by atoms with E-state index in [4.69, 9.17) is 12.8 Å². The minimum atomic E-state index is -1.70. The Morgan fingerprint density at radius 2 is 1.05 bits per heavy atom. The molecular weight excluding hydrogens is 268 g/mol. The van der Waals surface area contributed by atoms with E-state index in [2.05, 4.69) is 74.2 Å². The molecule has 0 fully saturated rings. The third-order valence-electron chi connectivity index (χ3n) is 4.42. The Balaban J connectivity index is 2.53. The van der Waals surface area contributed by atoms with Crippen LogP contribution in [0.25, 0.3) is 0 Å². The fourth-order valence-electron chi connectivity index (χ4n) is 3.00. The normalized spacial score (nSPS) is 10.7. The lowest BCUT2D eigenvalue weighted by atomic mass is 10.2. The van der Waals surface area contributed by atoms with Crippen molar-refractivity contribution < 1.29 is 0 Å². The molecule has 0 aliphatic heterocycles. The number of terminal acetylenes is 2. The average Bonchev–Trinajstić information content (AvgIpc) is 2.57. The molecule has 0 saturated carbocycles. The molecule has 0 amide bonds. The Bertz CT molecular complexity index is 615. The Morgan fingerprint density at radius 3 is 1.29 bits per heavy atom. The summed E-state index contributed by atoms with van der Waals surface area (Å²) < 4.78 is 0. The SMILES string of the molecule is C#Cc1ccc([Si](CC)(CC)c2ccc(C#C)cc2)cc1. The van der Waals surface area contributed by atoms with Gasteiger partial charge in [0.15, 0.2) is 0 Å². The molecule has 0 atom stereocenters. The molecule has 0 spiro atoms. The Labute approximate surface area is 129 Å². The van der Waals surface area contributed by atoms with Gasteiger partial charge in [0.2, 0.25) is 0 Å². The highest BCUT2D eigenvalue weighted by Gasteiger charge is 2.33. The van der Waals surface area contributed by atoms with Crippen LogP contribution < -0.4 is 10.4 Å². The van der Waals surface area contributed by atoms with E-state index in [0.29, 0.717) is 0 Å². The van der Waals surface area contributed by atoms with Crippen molar-refractivity contribution in [1.29, 1.82) is 0 Å². The molecule has 2 aromatic rings. The molecule has 0 bridgehead atoms. The van der Waals surface area contributed by atoms with E-state index in [9.17, 15) is 0 Å². The fourth-order valence-corrected chi connectivity index (χ4v) is 7.08. The summed E-state index contributed by atoms with van der Waals surface area (Å²) in [5.41, 5.74) is 1.88. The van der Waals surface area contributed by atoms with Crippen molar-refractivity contribution in [3.8, 4) is 24.7 Å². The van der Waals surface area contributed by atoms with Gasteiger partial charge in [-0.1, -0.05) is 72.4 Å². The number of hydrogen-bond donors (Lipinski definition) is 0. The van der Waals surface area contributed by atoms with Crippen LogP contribution in [0.2, 0.25) is 12.1 Å². The van der Waals surface area contributed by atoms with Gasteiger partial charge in [-0.2, -0.15) is 0 Å². The predicted molar refractivity (Wildman–Crippen MR) is 94.7 cm³/mol. The first-order chi connectivity index (χ1) is 10.2. The highest BCUT2D eigenvalue weighted by atomic mass is 28.3. The largest absolute Gasteiger partial charge is 0.117 e. The maximum absolute atomic E-state index is 5.46. The fraction of sp³-hybridized carbons (Fsp3) is 0.200. The summed E-state index contributed by atoms with van der Waals surface area (Å²) in [6.45, 7) is 4.58. The zero-order valence-electron chi connectivity index (χ0n) is 12.7. The van der Waals surface area contributed by atoms with Gasteiger partial charge < -0.3 is 0 Å². The third-order valence-corrected chi connectivity index (χ3v) is 9.71. The van der Waals surface area contributed by atoms with Crippen LogP contribution in [0.3, 0.4) is 0 Å². The molecule has 0 saturated heterocycles. The summed E-state index contributed by atoms with van der Waals surface area (Å²) >= 11 is 0. The van der Waals surface area contributed by atoms with Crippen LogP contribution in [0.4, 0.5) is 0 Å². The molecule has 104 valence electrons. The quantitative estimate of drug-likeness (QED) is 0.598. The summed E-state index contributed by atoms with van der Waals surface area (Å²) in [4.78, 5) is 0. The van der Waals surface area contributed by atoms with E-state index in [1.165, 1.54) is 22.5 Å². The summed E-state index contributed by atoms with van der Waals surface area (Å²) in [6, 6.07) is 19.4. The van der Waals surface area contributed by atoms with Gasteiger partial charge in [0.1, 0.15) is 8.07 Å². The maximum atomic E-state index is 5.46. The minimum absolute atomic E-state index is 0.941. The molecule has 0 nitrogen and oxygen atoms in total. The van der Waals surface area contributed by atoms with Crippen LogP contribution in [0.15, 0.2) is 48.5 Å². The Hall–Kier alpha value is -2.22. The van der Waals surface area contributed by atoms with Crippen molar-refractivity contribution in [1.82, 2.24) is 0 Å². The van der Waals surface area contributed by atoms with Crippen molar-refractivity contribution in [2.75, 3.05) is 0 Å². The smallest absolute Gasteiger partial charge is 0.115 e. The van der Waals surface area contributed by atoms with Crippen molar-refractivity contribution in [2.24, 2.45) is 0 Å². The van der Waals surface area contributed by atoms with Gasteiger partial charge in [-0.15, -0.1) is 12.8 Å². The Morgan fingerprint density at radius 1 is 0.714 bits per heavy atom. The first-order valence-corrected chi connectivity index (χ1v) is 9.76. The van der Waals surface area contributed by atoms with Crippen LogP contribution in [0.1, 0.15) is 25.0 Å². The van der Waals surface area contributed by atoms with Crippen LogP contribution in [0.5, 0.6) is 0 Å². The summed E-state index contributed by atoms with van der Waals surface area (Å²) in [7, 11) is -1.70. The molecule has 0 radical (unpaired) electrons. The molecule has 0 heterocycles. The highest BCUT2D eigenvalue weighted by molar-refractivity contribution is 7.02. The van der Waals surface area contributed by atoms with Crippen molar-refractivity contribution in [3.63, 3.8) is 0 Å².